The number of aromatic nitrogens is 2. The lowest BCUT2D eigenvalue weighted by atomic mass is 10.1. The summed E-state index contributed by atoms with van der Waals surface area (Å²) in [6, 6.07) is 5.90. The number of nitrogens with zero attached hydrogens (tertiary/aromatic N) is 2. The number of H-pyrrole nitrogens is 1. The van der Waals surface area contributed by atoms with Crippen molar-refractivity contribution in [3.05, 3.63) is 50.1 Å². The number of carbonyl (C=O) groups excluding carboxylic acids is 1. The number of anilines is 2. The molecule has 29 heavy (non-hydrogen) atoms. The summed E-state index contributed by atoms with van der Waals surface area (Å²) < 4.78 is 0. The quantitative estimate of drug-likeness (QED) is 0.617. The van der Waals surface area contributed by atoms with Gasteiger partial charge in [0, 0.05) is 25.3 Å². The molecular formula is C21H25N5O2S. The van der Waals surface area contributed by atoms with Gasteiger partial charge in [0.15, 0.2) is 0 Å². The third-order valence-corrected chi connectivity index (χ3v) is 6.45. The summed E-state index contributed by atoms with van der Waals surface area (Å²) >= 11 is 1.27. The molecule has 1 saturated heterocycles. The number of carbonyl (C=O) groups is 1. The lowest BCUT2D eigenvalue weighted by Crippen LogP contribution is -2.31. The van der Waals surface area contributed by atoms with Crippen molar-refractivity contribution in [1.29, 1.82) is 0 Å². The summed E-state index contributed by atoms with van der Waals surface area (Å²) in [5, 5.41) is 6.82. The van der Waals surface area contributed by atoms with E-state index in [-0.39, 0.29) is 11.5 Å². The van der Waals surface area contributed by atoms with Gasteiger partial charge in [-0.3, -0.25) is 14.6 Å². The number of thiophene rings is 1. The van der Waals surface area contributed by atoms with Gasteiger partial charge in [0.1, 0.15) is 4.83 Å². The van der Waals surface area contributed by atoms with Crippen LogP contribution >= 0.6 is 11.3 Å². The number of nitrogens with one attached hydrogen (secondary N) is 3. The maximum absolute atomic E-state index is 12.9. The fourth-order valence-corrected chi connectivity index (χ4v) is 4.76. The summed E-state index contributed by atoms with van der Waals surface area (Å²) in [5.74, 6) is 0.367. The molecule has 3 N–H and O–H groups in total. The Bertz CT molecular complexity index is 1130. The van der Waals surface area contributed by atoms with Crippen LogP contribution in [0, 0.1) is 20.8 Å². The molecule has 4 rings (SSSR count). The van der Waals surface area contributed by atoms with Crippen molar-refractivity contribution in [2.45, 2.75) is 27.2 Å². The van der Waals surface area contributed by atoms with Gasteiger partial charge in [0.05, 0.1) is 10.3 Å². The van der Waals surface area contributed by atoms with Gasteiger partial charge >= 0.3 is 0 Å². The fraction of sp³-hybridized carbons (Fsp3) is 0.381. The number of amides is 1. The first-order valence-electron chi connectivity index (χ1n) is 9.81. The molecule has 0 aliphatic carbocycles. The predicted octanol–water partition coefficient (Wildman–Crippen LogP) is 2.96. The Morgan fingerprint density at radius 1 is 1.21 bits per heavy atom. The molecule has 3 aromatic rings. The molecular weight excluding hydrogens is 386 g/mol. The number of aromatic amines is 1. The van der Waals surface area contributed by atoms with Gasteiger partial charge in [-0.1, -0.05) is 17.7 Å². The van der Waals surface area contributed by atoms with Crippen molar-refractivity contribution >= 4 is 39.1 Å². The average molecular weight is 412 g/mol. The Labute approximate surface area is 173 Å². The van der Waals surface area contributed by atoms with Gasteiger partial charge in [-0.2, -0.15) is 0 Å². The molecule has 1 aromatic carbocycles. The highest BCUT2D eigenvalue weighted by Crippen LogP contribution is 2.29. The molecule has 3 heterocycles. The van der Waals surface area contributed by atoms with E-state index in [0.29, 0.717) is 26.6 Å². The predicted molar refractivity (Wildman–Crippen MR) is 119 cm³/mol. The summed E-state index contributed by atoms with van der Waals surface area (Å²) in [5.41, 5.74) is 3.40. The minimum absolute atomic E-state index is 0.193. The van der Waals surface area contributed by atoms with E-state index in [2.05, 4.69) is 25.5 Å². The van der Waals surface area contributed by atoms with Crippen molar-refractivity contribution < 1.29 is 4.79 Å². The second-order valence-corrected chi connectivity index (χ2v) is 8.49. The summed E-state index contributed by atoms with van der Waals surface area (Å²) in [6.07, 6.45) is 0.995. The first-order chi connectivity index (χ1) is 13.9. The molecule has 8 heteroatoms. The topological polar surface area (TPSA) is 90.1 Å². The van der Waals surface area contributed by atoms with Crippen LogP contribution < -0.4 is 21.1 Å². The molecule has 1 aliphatic heterocycles. The van der Waals surface area contributed by atoms with Crippen LogP contribution in [0.25, 0.3) is 10.2 Å². The highest BCUT2D eigenvalue weighted by atomic mass is 32.1. The van der Waals surface area contributed by atoms with Gasteiger partial charge < -0.3 is 15.5 Å². The first kappa shape index (κ1) is 19.6. The van der Waals surface area contributed by atoms with Gasteiger partial charge in [-0.05, 0) is 50.9 Å². The van der Waals surface area contributed by atoms with E-state index in [0.717, 1.165) is 49.4 Å². The van der Waals surface area contributed by atoms with E-state index in [1.807, 2.05) is 39.0 Å². The number of hydrogen-bond acceptors (Lipinski definition) is 6. The monoisotopic (exact) mass is 411 g/mol. The van der Waals surface area contributed by atoms with E-state index in [1.165, 1.54) is 11.3 Å². The van der Waals surface area contributed by atoms with Crippen LogP contribution in [-0.4, -0.2) is 42.1 Å². The van der Waals surface area contributed by atoms with Gasteiger partial charge in [0.2, 0.25) is 5.95 Å². The minimum Gasteiger partial charge on any atom is -0.341 e. The molecule has 0 bridgehead atoms. The van der Waals surface area contributed by atoms with Crippen LogP contribution in [0.4, 0.5) is 11.6 Å². The zero-order valence-electron chi connectivity index (χ0n) is 16.9. The molecule has 0 unspecified atom stereocenters. The van der Waals surface area contributed by atoms with Crippen LogP contribution in [0.2, 0.25) is 0 Å². The smallest absolute Gasteiger partial charge is 0.266 e. The highest BCUT2D eigenvalue weighted by Gasteiger charge is 2.21. The van der Waals surface area contributed by atoms with Crippen molar-refractivity contribution in [2.24, 2.45) is 0 Å². The third-order valence-electron chi connectivity index (χ3n) is 5.26. The van der Waals surface area contributed by atoms with Crippen molar-refractivity contribution in [3.8, 4) is 0 Å². The zero-order valence-corrected chi connectivity index (χ0v) is 17.7. The molecule has 0 saturated carbocycles. The maximum Gasteiger partial charge on any atom is 0.266 e. The van der Waals surface area contributed by atoms with E-state index in [4.69, 9.17) is 0 Å². The second kappa shape index (κ2) is 7.96. The van der Waals surface area contributed by atoms with Gasteiger partial charge in [-0.15, -0.1) is 11.3 Å². The van der Waals surface area contributed by atoms with Crippen LogP contribution in [0.5, 0.6) is 0 Å². The van der Waals surface area contributed by atoms with E-state index < -0.39 is 0 Å². The standard InChI is InChI=1S/C21H25N5O2S/c1-12-5-6-15(13(2)11-12)23-19(28)17-14(3)16-18(27)24-21(25-20(16)29-17)26-9-4-7-22-8-10-26/h5-6,11,22H,4,7-10H2,1-3H3,(H,23,28)(H,24,25,27). The number of rotatable bonds is 3. The van der Waals surface area contributed by atoms with E-state index >= 15 is 0 Å². The van der Waals surface area contributed by atoms with Crippen LogP contribution in [0.3, 0.4) is 0 Å². The fourth-order valence-electron chi connectivity index (χ4n) is 3.69. The van der Waals surface area contributed by atoms with Gasteiger partial charge in [-0.25, -0.2) is 4.98 Å². The van der Waals surface area contributed by atoms with Crippen LogP contribution in [0.15, 0.2) is 23.0 Å². The largest absolute Gasteiger partial charge is 0.341 e. The average Bonchev–Trinajstić information content (AvgIpc) is 2.85. The third kappa shape index (κ3) is 3.90. The SMILES string of the molecule is Cc1ccc(NC(=O)c2sc3nc(N4CCCNCC4)[nH]c(=O)c3c2C)c(C)c1. The lowest BCUT2D eigenvalue weighted by Gasteiger charge is -2.19. The minimum atomic E-state index is -0.211. The zero-order chi connectivity index (χ0) is 20.5. The Hall–Kier alpha value is -2.71. The number of fused-ring (bicyclic) bond motifs is 1. The van der Waals surface area contributed by atoms with Crippen molar-refractivity contribution in [2.75, 3.05) is 36.4 Å². The Morgan fingerprint density at radius 2 is 2.03 bits per heavy atom. The molecule has 152 valence electrons. The van der Waals surface area contributed by atoms with Crippen LogP contribution in [-0.2, 0) is 0 Å². The summed E-state index contributed by atoms with van der Waals surface area (Å²) in [4.78, 5) is 36.5. The van der Waals surface area contributed by atoms with Crippen molar-refractivity contribution in [1.82, 2.24) is 15.3 Å². The van der Waals surface area contributed by atoms with Gasteiger partial charge in [0.25, 0.3) is 11.5 Å². The number of benzene rings is 1. The molecule has 0 atom stereocenters. The molecule has 2 aromatic heterocycles. The normalized spacial score (nSPS) is 14.8. The summed E-state index contributed by atoms with van der Waals surface area (Å²) in [6.45, 7) is 9.24. The van der Waals surface area contributed by atoms with Crippen molar-refractivity contribution in [3.63, 3.8) is 0 Å². The molecule has 0 radical (unpaired) electrons. The molecule has 0 spiro atoms. The number of hydrogen-bond donors (Lipinski definition) is 3. The molecule has 1 amide bonds. The molecule has 7 nitrogen and oxygen atoms in total. The Balaban J connectivity index is 1.68. The molecule has 1 aliphatic rings. The highest BCUT2D eigenvalue weighted by molar-refractivity contribution is 7.20. The lowest BCUT2D eigenvalue weighted by molar-refractivity contribution is 0.103. The van der Waals surface area contributed by atoms with E-state index in [9.17, 15) is 9.59 Å². The summed E-state index contributed by atoms with van der Waals surface area (Å²) in [7, 11) is 0. The van der Waals surface area contributed by atoms with E-state index in [1.54, 1.807) is 0 Å². The maximum atomic E-state index is 12.9. The molecule has 1 fully saturated rings. The Kier molecular flexibility index (Phi) is 5.38. The second-order valence-electron chi connectivity index (χ2n) is 7.49. The van der Waals surface area contributed by atoms with Crippen LogP contribution in [0.1, 0.15) is 32.8 Å². The Morgan fingerprint density at radius 3 is 2.83 bits per heavy atom. The number of aryl methyl sites for hydroxylation is 3. The first-order valence-corrected chi connectivity index (χ1v) is 10.6.